The van der Waals surface area contributed by atoms with Crippen molar-refractivity contribution in [3.8, 4) is 0 Å². The number of benzene rings is 1. The molecular weight excluding hydrogens is 252 g/mol. The highest BCUT2D eigenvalue weighted by molar-refractivity contribution is 6.07. The van der Waals surface area contributed by atoms with E-state index in [1.54, 1.807) is 0 Å². The van der Waals surface area contributed by atoms with Crippen molar-refractivity contribution in [3.63, 3.8) is 0 Å². The molecule has 1 aromatic carbocycles. The fourth-order valence-electron chi connectivity index (χ4n) is 2.76. The van der Waals surface area contributed by atoms with Crippen LogP contribution >= 0.6 is 0 Å². The molecule has 3 amide bonds. The first-order valence-electron chi connectivity index (χ1n) is 7.21. The Morgan fingerprint density at radius 2 is 1.85 bits per heavy atom. The van der Waals surface area contributed by atoms with Crippen LogP contribution in [0.5, 0.6) is 0 Å². The maximum absolute atomic E-state index is 12.8. The lowest BCUT2D eigenvalue weighted by atomic mass is 9.85. The Labute approximate surface area is 120 Å². The number of amides is 3. The van der Waals surface area contributed by atoms with Gasteiger partial charge in [-0.25, -0.2) is 4.79 Å². The summed E-state index contributed by atoms with van der Waals surface area (Å²) in [5.41, 5.74) is -0.0198. The average molecular weight is 274 g/mol. The number of carbonyl (C=O) groups excluding carboxylic acids is 2. The Bertz CT molecular complexity index is 498. The Hall–Kier alpha value is -1.84. The first-order valence-corrected chi connectivity index (χ1v) is 7.21. The fraction of sp³-hybridized carbons (Fsp3) is 0.500. The van der Waals surface area contributed by atoms with Crippen LogP contribution in [-0.2, 0) is 10.3 Å². The van der Waals surface area contributed by atoms with Crippen molar-refractivity contribution < 1.29 is 9.59 Å². The molecule has 0 aliphatic carbocycles. The molecule has 1 aliphatic rings. The molecule has 1 aromatic rings. The van der Waals surface area contributed by atoms with Crippen molar-refractivity contribution in [1.82, 2.24) is 10.2 Å². The van der Waals surface area contributed by atoms with E-state index >= 15 is 0 Å². The summed E-state index contributed by atoms with van der Waals surface area (Å²) in [4.78, 5) is 26.3. The highest BCUT2D eigenvalue weighted by Crippen LogP contribution is 2.33. The number of nitrogens with one attached hydrogen (secondary N) is 1. The van der Waals surface area contributed by atoms with Gasteiger partial charge in [-0.3, -0.25) is 9.69 Å². The normalized spacial score (nSPS) is 22.5. The molecule has 0 unspecified atom stereocenters. The minimum atomic E-state index is -0.887. The van der Waals surface area contributed by atoms with Gasteiger partial charge in [-0.15, -0.1) is 0 Å². The Balaban J connectivity index is 2.40. The summed E-state index contributed by atoms with van der Waals surface area (Å²) in [7, 11) is 0. The molecule has 0 bridgehead atoms. The zero-order chi connectivity index (χ0) is 14.8. The van der Waals surface area contributed by atoms with Gasteiger partial charge in [-0.05, 0) is 17.9 Å². The van der Waals surface area contributed by atoms with Crippen molar-refractivity contribution in [2.45, 2.75) is 39.2 Å². The van der Waals surface area contributed by atoms with Gasteiger partial charge in [-0.2, -0.15) is 0 Å². The molecule has 1 aliphatic heterocycles. The van der Waals surface area contributed by atoms with E-state index < -0.39 is 5.54 Å². The van der Waals surface area contributed by atoms with E-state index in [9.17, 15) is 9.59 Å². The second-order valence-corrected chi connectivity index (χ2v) is 5.76. The molecule has 4 heteroatoms. The third-order valence-electron chi connectivity index (χ3n) is 3.62. The van der Waals surface area contributed by atoms with E-state index in [4.69, 9.17) is 0 Å². The zero-order valence-corrected chi connectivity index (χ0v) is 12.3. The Morgan fingerprint density at radius 3 is 2.40 bits per heavy atom. The van der Waals surface area contributed by atoms with Gasteiger partial charge in [0.15, 0.2) is 0 Å². The van der Waals surface area contributed by atoms with Crippen LogP contribution in [0, 0.1) is 5.92 Å². The van der Waals surface area contributed by atoms with Crippen LogP contribution < -0.4 is 5.32 Å². The number of hydrogen-bond donors (Lipinski definition) is 1. The summed E-state index contributed by atoms with van der Waals surface area (Å²) < 4.78 is 0. The largest absolute Gasteiger partial charge is 0.325 e. The fourth-order valence-corrected chi connectivity index (χ4v) is 2.76. The predicted molar refractivity (Wildman–Crippen MR) is 78.1 cm³/mol. The second-order valence-electron chi connectivity index (χ2n) is 5.76. The quantitative estimate of drug-likeness (QED) is 0.839. The molecule has 0 radical (unpaired) electrons. The topological polar surface area (TPSA) is 49.4 Å². The summed E-state index contributed by atoms with van der Waals surface area (Å²) in [6.07, 6.45) is 1.45. The number of urea groups is 1. The van der Waals surface area contributed by atoms with E-state index in [0.29, 0.717) is 13.0 Å². The van der Waals surface area contributed by atoms with Gasteiger partial charge in [0.2, 0.25) is 0 Å². The van der Waals surface area contributed by atoms with E-state index in [1.165, 1.54) is 4.90 Å². The van der Waals surface area contributed by atoms with E-state index in [-0.39, 0.29) is 17.9 Å². The SMILES string of the molecule is CCC[C@]1(c2ccccc2)NC(=O)N(CC(C)C)C1=O. The van der Waals surface area contributed by atoms with Gasteiger partial charge < -0.3 is 5.32 Å². The van der Waals surface area contributed by atoms with Crippen molar-refractivity contribution in [3.05, 3.63) is 35.9 Å². The maximum atomic E-state index is 12.8. The van der Waals surface area contributed by atoms with Gasteiger partial charge >= 0.3 is 6.03 Å². The standard InChI is InChI=1S/C16H22N2O2/c1-4-10-16(13-8-6-5-7-9-13)14(19)18(11-12(2)3)15(20)17-16/h5-9,12H,4,10-11H2,1-3H3,(H,17,20)/t16-/m1/s1. The highest BCUT2D eigenvalue weighted by atomic mass is 16.2. The van der Waals surface area contributed by atoms with Crippen molar-refractivity contribution in [2.24, 2.45) is 5.92 Å². The lowest BCUT2D eigenvalue weighted by Crippen LogP contribution is -2.44. The molecule has 1 N–H and O–H groups in total. The number of carbonyl (C=O) groups is 2. The predicted octanol–water partition coefficient (Wildman–Crippen LogP) is 2.89. The van der Waals surface area contributed by atoms with Crippen LogP contribution in [0.4, 0.5) is 4.79 Å². The summed E-state index contributed by atoms with van der Waals surface area (Å²) in [5.74, 6) is 0.141. The molecule has 1 atom stereocenters. The van der Waals surface area contributed by atoms with E-state index in [0.717, 1.165) is 12.0 Å². The second kappa shape index (κ2) is 5.65. The van der Waals surface area contributed by atoms with Gasteiger partial charge in [0.1, 0.15) is 5.54 Å². The number of nitrogens with zero attached hydrogens (tertiary/aromatic N) is 1. The van der Waals surface area contributed by atoms with E-state index in [1.807, 2.05) is 51.1 Å². The highest BCUT2D eigenvalue weighted by Gasteiger charge is 2.51. The van der Waals surface area contributed by atoms with Crippen molar-refractivity contribution in [2.75, 3.05) is 6.54 Å². The molecule has 0 spiro atoms. The van der Waals surface area contributed by atoms with Crippen LogP contribution in [0.3, 0.4) is 0 Å². The minimum absolute atomic E-state index is 0.121. The number of rotatable bonds is 5. The van der Waals surface area contributed by atoms with Gasteiger partial charge in [0.05, 0.1) is 0 Å². The average Bonchev–Trinajstić information content (AvgIpc) is 2.65. The summed E-state index contributed by atoms with van der Waals surface area (Å²) >= 11 is 0. The van der Waals surface area contributed by atoms with Crippen molar-refractivity contribution in [1.29, 1.82) is 0 Å². The molecule has 2 rings (SSSR count). The summed E-state index contributed by atoms with van der Waals surface area (Å²) in [5, 5.41) is 2.93. The van der Waals surface area contributed by atoms with Gasteiger partial charge in [0, 0.05) is 6.54 Å². The molecule has 1 saturated heterocycles. The Kier molecular flexibility index (Phi) is 4.12. The van der Waals surface area contributed by atoms with Crippen LogP contribution in [0.25, 0.3) is 0 Å². The maximum Gasteiger partial charge on any atom is 0.325 e. The third kappa shape index (κ3) is 2.42. The van der Waals surface area contributed by atoms with Crippen LogP contribution in [0.15, 0.2) is 30.3 Å². The molecule has 0 aromatic heterocycles. The monoisotopic (exact) mass is 274 g/mol. The molecule has 1 heterocycles. The Morgan fingerprint density at radius 1 is 1.20 bits per heavy atom. The first-order chi connectivity index (χ1) is 9.51. The molecule has 108 valence electrons. The van der Waals surface area contributed by atoms with Gasteiger partial charge in [-0.1, -0.05) is 57.5 Å². The van der Waals surface area contributed by atoms with Crippen LogP contribution in [0.2, 0.25) is 0 Å². The van der Waals surface area contributed by atoms with Crippen LogP contribution in [0.1, 0.15) is 39.2 Å². The minimum Gasteiger partial charge on any atom is -0.319 e. The number of imide groups is 1. The lowest BCUT2D eigenvalue weighted by Gasteiger charge is -2.27. The molecule has 0 saturated carbocycles. The van der Waals surface area contributed by atoms with Crippen molar-refractivity contribution >= 4 is 11.9 Å². The van der Waals surface area contributed by atoms with E-state index in [2.05, 4.69) is 5.32 Å². The molecule has 20 heavy (non-hydrogen) atoms. The summed E-state index contributed by atoms with van der Waals surface area (Å²) in [6, 6.07) is 9.26. The van der Waals surface area contributed by atoms with Crippen LogP contribution in [-0.4, -0.2) is 23.4 Å². The number of hydrogen-bond acceptors (Lipinski definition) is 2. The van der Waals surface area contributed by atoms with Gasteiger partial charge in [0.25, 0.3) is 5.91 Å². The molecular formula is C16H22N2O2. The zero-order valence-electron chi connectivity index (χ0n) is 12.3. The smallest absolute Gasteiger partial charge is 0.319 e. The molecule has 1 fully saturated rings. The summed E-state index contributed by atoms with van der Waals surface area (Å²) in [6.45, 7) is 6.49. The third-order valence-corrected chi connectivity index (χ3v) is 3.62. The first kappa shape index (κ1) is 14.6. The molecule has 4 nitrogen and oxygen atoms in total. The lowest BCUT2D eigenvalue weighted by molar-refractivity contribution is -0.132.